The molecule has 0 fully saturated rings. The molecule has 4 rings (SSSR count). The van der Waals surface area contributed by atoms with Gasteiger partial charge >= 0.3 is 0 Å². The summed E-state index contributed by atoms with van der Waals surface area (Å²) in [4.78, 5) is 19.8. The summed E-state index contributed by atoms with van der Waals surface area (Å²) in [7, 11) is 0. The Hall–Kier alpha value is -2.64. The lowest BCUT2D eigenvalue weighted by atomic mass is 10.00. The van der Waals surface area contributed by atoms with Gasteiger partial charge in [-0.2, -0.15) is 4.98 Å². The van der Waals surface area contributed by atoms with Crippen molar-refractivity contribution in [2.24, 2.45) is 5.92 Å². The van der Waals surface area contributed by atoms with Crippen molar-refractivity contribution >= 4 is 35.0 Å². The summed E-state index contributed by atoms with van der Waals surface area (Å²) in [5.41, 5.74) is 4.85. The SMILES string of the molecule is CCC(=O)N1c2c(C)cc(C)cc2-c2nnc(SCC(C)C)nc2O[C@H]1c1cccc(Cl)c1. The van der Waals surface area contributed by atoms with E-state index in [2.05, 4.69) is 30.1 Å². The van der Waals surface area contributed by atoms with Crippen LogP contribution >= 0.6 is 23.4 Å². The van der Waals surface area contributed by atoms with Crippen molar-refractivity contribution in [3.63, 3.8) is 0 Å². The molecule has 1 aliphatic rings. The topological polar surface area (TPSA) is 68.2 Å². The molecular weight excluding hydrogens is 456 g/mol. The molecule has 6 nitrogen and oxygen atoms in total. The van der Waals surface area contributed by atoms with Crippen LogP contribution in [0.5, 0.6) is 5.88 Å². The van der Waals surface area contributed by atoms with Crippen molar-refractivity contribution in [3.8, 4) is 17.1 Å². The fraction of sp³-hybridized carbons (Fsp3) is 0.360. The molecule has 0 saturated carbocycles. The third-order valence-electron chi connectivity index (χ3n) is 5.28. The molecule has 0 spiro atoms. The monoisotopic (exact) mass is 482 g/mol. The van der Waals surface area contributed by atoms with Gasteiger partial charge in [-0.3, -0.25) is 9.69 Å². The zero-order valence-corrected chi connectivity index (χ0v) is 21.0. The number of rotatable bonds is 5. The van der Waals surface area contributed by atoms with E-state index < -0.39 is 6.23 Å². The van der Waals surface area contributed by atoms with Crippen molar-refractivity contribution in [1.29, 1.82) is 0 Å². The highest BCUT2D eigenvalue weighted by Crippen LogP contribution is 2.46. The number of amides is 1. The summed E-state index contributed by atoms with van der Waals surface area (Å²) in [5.74, 6) is 1.65. The maximum Gasteiger partial charge on any atom is 0.247 e. The van der Waals surface area contributed by atoms with Crippen LogP contribution in [0.3, 0.4) is 0 Å². The second kappa shape index (κ2) is 9.69. The Kier molecular flexibility index (Phi) is 6.91. The summed E-state index contributed by atoms with van der Waals surface area (Å²) >= 11 is 7.85. The first-order valence-corrected chi connectivity index (χ1v) is 12.4. The standard InChI is InChI=1S/C25H27ClN4O2S/c1-6-20(31)30-22-16(5)10-15(4)11-19(22)21-23(27-25(29-28-21)33-13-14(2)3)32-24(30)17-8-7-9-18(26)12-17/h7-12,14,24H,6,13H2,1-5H3/t24-/m0/s1. The highest BCUT2D eigenvalue weighted by atomic mass is 35.5. The van der Waals surface area contributed by atoms with E-state index in [9.17, 15) is 4.79 Å². The van der Waals surface area contributed by atoms with Crippen LogP contribution in [-0.4, -0.2) is 26.8 Å². The molecule has 1 atom stereocenters. The van der Waals surface area contributed by atoms with E-state index in [1.807, 2.05) is 45.0 Å². The molecule has 8 heteroatoms. The van der Waals surface area contributed by atoms with Gasteiger partial charge in [-0.05, 0) is 43.5 Å². The number of ether oxygens (including phenoxy) is 1. The highest BCUT2D eigenvalue weighted by Gasteiger charge is 2.36. The first kappa shape index (κ1) is 23.5. The van der Waals surface area contributed by atoms with E-state index in [1.165, 1.54) is 0 Å². The van der Waals surface area contributed by atoms with Crippen LogP contribution in [0, 0.1) is 19.8 Å². The number of halogens is 1. The molecule has 0 aliphatic carbocycles. The van der Waals surface area contributed by atoms with Gasteiger partial charge in [0.15, 0.2) is 5.69 Å². The Morgan fingerprint density at radius 3 is 2.70 bits per heavy atom. The number of thioether (sulfide) groups is 1. The van der Waals surface area contributed by atoms with Gasteiger partial charge in [0.05, 0.1) is 5.69 Å². The van der Waals surface area contributed by atoms with E-state index >= 15 is 0 Å². The van der Waals surface area contributed by atoms with Crippen LogP contribution in [-0.2, 0) is 4.79 Å². The predicted molar refractivity (Wildman–Crippen MR) is 133 cm³/mol. The average Bonchev–Trinajstić information content (AvgIpc) is 2.91. The third kappa shape index (κ3) is 4.84. The zero-order valence-electron chi connectivity index (χ0n) is 19.4. The van der Waals surface area contributed by atoms with E-state index in [-0.39, 0.29) is 5.91 Å². The van der Waals surface area contributed by atoms with Gasteiger partial charge in [-0.1, -0.05) is 67.9 Å². The van der Waals surface area contributed by atoms with Gasteiger partial charge in [-0.15, -0.1) is 10.2 Å². The largest absolute Gasteiger partial charge is 0.447 e. The maximum absolute atomic E-state index is 13.3. The van der Waals surface area contributed by atoms with E-state index in [1.54, 1.807) is 22.7 Å². The number of carbonyl (C=O) groups is 1. The minimum atomic E-state index is -0.739. The highest BCUT2D eigenvalue weighted by molar-refractivity contribution is 7.99. The fourth-order valence-electron chi connectivity index (χ4n) is 3.89. The molecule has 172 valence electrons. The molecular formula is C25H27ClN4O2S. The van der Waals surface area contributed by atoms with Crippen molar-refractivity contribution in [1.82, 2.24) is 15.2 Å². The Bertz CT molecular complexity index is 1200. The number of nitrogens with zero attached hydrogens (tertiary/aromatic N) is 4. The van der Waals surface area contributed by atoms with Crippen LogP contribution in [0.4, 0.5) is 5.69 Å². The van der Waals surface area contributed by atoms with E-state index in [4.69, 9.17) is 21.3 Å². The second-order valence-electron chi connectivity index (χ2n) is 8.57. The number of aromatic nitrogens is 3. The molecule has 1 amide bonds. The van der Waals surface area contributed by atoms with Crippen LogP contribution in [0.2, 0.25) is 5.02 Å². The van der Waals surface area contributed by atoms with Crippen LogP contribution in [0.15, 0.2) is 41.6 Å². The Morgan fingerprint density at radius 1 is 1.21 bits per heavy atom. The van der Waals surface area contributed by atoms with E-state index in [0.717, 1.165) is 33.7 Å². The summed E-state index contributed by atoms with van der Waals surface area (Å²) < 4.78 is 6.48. The number of anilines is 1. The number of hydrogen-bond acceptors (Lipinski definition) is 6. The first-order valence-electron chi connectivity index (χ1n) is 11.0. The minimum absolute atomic E-state index is 0.0663. The number of fused-ring (bicyclic) bond motifs is 3. The summed E-state index contributed by atoms with van der Waals surface area (Å²) in [6.07, 6.45) is -0.421. The Morgan fingerprint density at radius 2 is 2.00 bits per heavy atom. The molecule has 0 radical (unpaired) electrons. The lowest BCUT2D eigenvalue weighted by Gasteiger charge is -2.32. The summed E-state index contributed by atoms with van der Waals surface area (Å²) in [6.45, 7) is 10.1. The van der Waals surface area contributed by atoms with E-state index in [0.29, 0.717) is 34.1 Å². The number of aryl methyl sites for hydroxylation is 2. The van der Waals surface area contributed by atoms with Crippen molar-refractivity contribution < 1.29 is 9.53 Å². The molecule has 0 saturated heterocycles. The molecule has 2 aromatic carbocycles. The van der Waals surface area contributed by atoms with Gasteiger partial charge in [0, 0.05) is 28.3 Å². The van der Waals surface area contributed by atoms with Gasteiger partial charge < -0.3 is 4.74 Å². The first-order chi connectivity index (χ1) is 15.8. The maximum atomic E-state index is 13.3. The molecule has 0 bridgehead atoms. The smallest absolute Gasteiger partial charge is 0.247 e. The molecule has 33 heavy (non-hydrogen) atoms. The normalized spacial score (nSPS) is 15.0. The average molecular weight is 483 g/mol. The number of hydrogen-bond donors (Lipinski definition) is 0. The lowest BCUT2D eigenvalue weighted by Crippen LogP contribution is -2.37. The van der Waals surface area contributed by atoms with Crippen molar-refractivity contribution in [3.05, 3.63) is 58.1 Å². The van der Waals surface area contributed by atoms with Gasteiger partial charge in [0.25, 0.3) is 0 Å². The second-order valence-corrected chi connectivity index (χ2v) is 10.00. The molecule has 0 unspecified atom stereocenters. The molecule has 0 N–H and O–H groups in total. The molecule has 1 aromatic heterocycles. The third-order valence-corrected chi connectivity index (χ3v) is 6.78. The Balaban J connectivity index is 1.96. The fourth-order valence-corrected chi connectivity index (χ4v) is 4.82. The number of carbonyl (C=O) groups excluding carboxylic acids is 1. The minimum Gasteiger partial charge on any atom is -0.447 e. The van der Waals surface area contributed by atoms with Crippen LogP contribution < -0.4 is 9.64 Å². The zero-order chi connectivity index (χ0) is 23.7. The van der Waals surface area contributed by atoms with Gasteiger partial charge in [0.2, 0.25) is 23.2 Å². The van der Waals surface area contributed by atoms with Gasteiger partial charge in [0.1, 0.15) is 0 Å². The molecule has 1 aliphatic heterocycles. The van der Waals surface area contributed by atoms with Crippen LogP contribution in [0.25, 0.3) is 11.3 Å². The number of benzene rings is 2. The Labute approximate surface area is 203 Å². The van der Waals surface area contributed by atoms with Crippen LogP contribution in [0.1, 0.15) is 50.1 Å². The van der Waals surface area contributed by atoms with Gasteiger partial charge in [-0.25, -0.2) is 0 Å². The molecule has 2 heterocycles. The van der Waals surface area contributed by atoms with Crippen molar-refractivity contribution in [2.45, 2.75) is 52.4 Å². The quantitative estimate of drug-likeness (QED) is 0.392. The molecule has 3 aromatic rings. The predicted octanol–water partition coefficient (Wildman–Crippen LogP) is 6.39. The summed E-state index contributed by atoms with van der Waals surface area (Å²) in [5, 5.41) is 10.0. The van der Waals surface area contributed by atoms with Crippen molar-refractivity contribution in [2.75, 3.05) is 10.7 Å². The lowest BCUT2D eigenvalue weighted by molar-refractivity contribution is -0.120. The summed E-state index contributed by atoms with van der Waals surface area (Å²) in [6, 6.07) is 11.4.